The minimum absolute atomic E-state index is 0.405. The van der Waals surface area contributed by atoms with Crippen molar-refractivity contribution >= 4 is 5.69 Å². The molecule has 0 aromatic heterocycles. The highest BCUT2D eigenvalue weighted by molar-refractivity contribution is 5.53. The van der Waals surface area contributed by atoms with Crippen molar-refractivity contribution in [2.45, 2.75) is 51.1 Å². The van der Waals surface area contributed by atoms with Crippen LogP contribution < -0.4 is 10.6 Å². The van der Waals surface area contributed by atoms with Crippen LogP contribution in [-0.2, 0) is 0 Å². The third kappa shape index (κ3) is 3.22. The maximum absolute atomic E-state index is 3.72. The van der Waals surface area contributed by atoms with Crippen molar-refractivity contribution in [1.29, 1.82) is 0 Å². The first-order chi connectivity index (χ1) is 8.31. The summed E-state index contributed by atoms with van der Waals surface area (Å²) in [5.41, 5.74) is 2.68. The average Bonchev–Trinajstić information content (AvgIpc) is 2.40. The van der Waals surface area contributed by atoms with Crippen LogP contribution in [-0.4, -0.2) is 13.1 Å². The van der Waals surface area contributed by atoms with Crippen LogP contribution in [0.1, 0.15) is 50.6 Å². The summed E-state index contributed by atoms with van der Waals surface area (Å²) in [7, 11) is 2.02. The number of benzene rings is 1. The molecule has 1 aromatic rings. The molecule has 2 nitrogen and oxygen atoms in total. The van der Waals surface area contributed by atoms with E-state index in [2.05, 4.69) is 41.8 Å². The highest BCUT2D eigenvalue weighted by atomic mass is 14.9. The molecule has 94 valence electrons. The fraction of sp³-hybridized carbons (Fsp3) is 0.600. The standard InChI is InChI=1S/C15H24N2/c1-12(16-2)14-10-6-7-11-15(14)17-13-8-4-3-5-9-13/h6-7,10-13,16-17H,3-5,8-9H2,1-2H3. The van der Waals surface area contributed by atoms with Crippen molar-refractivity contribution in [1.82, 2.24) is 5.32 Å². The quantitative estimate of drug-likeness (QED) is 0.827. The van der Waals surface area contributed by atoms with Crippen LogP contribution in [0.4, 0.5) is 5.69 Å². The van der Waals surface area contributed by atoms with Gasteiger partial charge in [-0.2, -0.15) is 0 Å². The van der Waals surface area contributed by atoms with E-state index in [1.165, 1.54) is 43.4 Å². The molecule has 0 aliphatic heterocycles. The fourth-order valence-corrected chi connectivity index (χ4v) is 2.63. The van der Waals surface area contributed by atoms with E-state index in [4.69, 9.17) is 0 Å². The lowest BCUT2D eigenvalue weighted by atomic mass is 9.94. The second kappa shape index (κ2) is 6.06. The summed E-state index contributed by atoms with van der Waals surface area (Å²) in [4.78, 5) is 0. The third-order valence-electron chi connectivity index (χ3n) is 3.83. The van der Waals surface area contributed by atoms with Crippen molar-refractivity contribution in [3.8, 4) is 0 Å². The number of anilines is 1. The molecule has 0 amide bonds. The molecule has 0 heterocycles. The van der Waals surface area contributed by atoms with Gasteiger partial charge in [0, 0.05) is 17.8 Å². The van der Waals surface area contributed by atoms with Crippen LogP contribution >= 0.6 is 0 Å². The Morgan fingerprint density at radius 1 is 1.12 bits per heavy atom. The van der Waals surface area contributed by atoms with E-state index in [-0.39, 0.29) is 0 Å². The van der Waals surface area contributed by atoms with Gasteiger partial charge in [-0.25, -0.2) is 0 Å². The summed E-state index contributed by atoms with van der Waals surface area (Å²) in [6.45, 7) is 2.21. The summed E-state index contributed by atoms with van der Waals surface area (Å²) in [5.74, 6) is 0. The molecule has 0 bridgehead atoms. The molecule has 1 fully saturated rings. The lowest BCUT2D eigenvalue weighted by Crippen LogP contribution is -2.24. The van der Waals surface area contributed by atoms with E-state index in [9.17, 15) is 0 Å². The molecule has 1 atom stereocenters. The molecular formula is C15H24N2. The first-order valence-electron chi connectivity index (χ1n) is 6.84. The third-order valence-corrected chi connectivity index (χ3v) is 3.83. The monoisotopic (exact) mass is 232 g/mol. The zero-order valence-electron chi connectivity index (χ0n) is 11.0. The van der Waals surface area contributed by atoms with Crippen molar-refractivity contribution in [2.75, 3.05) is 12.4 Å². The molecule has 1 aliphatic carbocycles. The Kier molecular flexibility index (Phi) is 4.43. The second-order valence-electron chi connectivity index (χ2n) is 5.08. The topological polar surface area (TPSA) is 24.1 Å². The molecule has 2 rings (SSSR count). The van der Waals surface area contributed by atoms with E-state index in [0.717, 1.165) is 0 Å². The van der Waals surface area contributed by atoms with Gasteiger partial charge in [0.15, 0.2) is 0 Å². The highest BCUT2D eigenvalue weighted by Crippen LogP contribution is 2.26. The van der Waals surface area contributed by atoms with E-state index in [1.807, 2.05) is 7.05 Å². The fourth-order valence-electron chi connectivity index (χ4n) is 2.63. The maximum Gasteiger partial charge on any atom is 0.0390 e. The Morgan fingerprint density at radius 3 is 2.53 bits per heavy atom. The molecule has 1 aromatic carbocycles. The zero-order valence-corrected chi connectivity index (χ0v) is 11.0. The van der Waals surface area contributed by atoms with E-state index >= 15 is 0 Å². The Balaban J connectivity index is 2.08. The van der Waals surface area contributed by atoms with Gasteiger partial charge in [-0.15, -0.1) is 0 Å². The van der Waals surface area contributed by atoms with Crippen LogP contribution in [0.25, 0.3) is 0 Å². The number of hydrogen-bond donors (Lipinski definition) is 2. The van der Waals surface area contributed by atoms with Gasteiger partial charge in [0.1, 0.15) is 0 Å². The molecule has 0 radical (unpaired) electrons. The smallest absolute Gasteiger partial charge is 0.0390 e. The van der Waals surface area contributed by atoms with Gasteiger partial charge in [-0.3, -0.25) is 0 Å². The van der Waals surface area contributed by atoms with Gasteiger partial charge in [-0.05, 0) is 38.4 Å². The molecule has 1 unspecified atom stereocenters. The first-order valence-corrected chi connectivity index (χ1v) is 6.84. The van der Waals surface area contributed by atoms with Crippen LogP contribution in [0, 0.1) is 0 Å². The van der Waals surface area contributed by atoms with E-state index in [1.54, 1.807) is 0 Å². The van der Waals surface area contributed by atoms with Gasteiger partial charge in [0.05, 0.1) is 0 Å². The zero-order chi connectivity index (χ0) is 12.1. The molecule has 1 aliphatic rings. The summed E-state index contributed by atoms with van der Waals surface area (Å²) in [6, 6.07) is 9.74. The largest absolute Gasteiger partial charge is 0.382 e. The summed E-state index contributed by atoms with van der Waals surface area (Å²) >= 11 is 0. The Hall–Kier alpha value is -1.02. The van der Waals surface area contributed by atoms with Crippen LogP contribution in [0.2, 0.25) is 0 Å². The maximum atomic E-state index is 3.72. The van der Waals surface area contributed by atoms with Gasteiger partial charge in [-0.1, -0.05) is 37.5 Å². The Morgan fingerprint density at radius 2 is 1.82 bits per heavy atom. The summed E-state index contributed by atoms with van der Waals surface area (Å²) in [5, 5.41) is 7.04. The summed E-state index contributed by atoms with van der Waals surface area (Å²) < 4.78 is 0. The molecule has 0 spiro atoms. The second-order valence-corrected chi connectivity index (χ2v) is 5.08. The SMILES string of the molecule is CNC(C)c1ccccc1NC1CCCCC1. The minimum atomic E-state index is 0.405. The highest BCUT2D eigenvalue weighted by Gasteiger charge is 2.15. The van der Waals surface area contributed by atoms with E-state index in [0.29, 0.717) is 12.1 Å². The molecule has 17 heavy (non-hydrogen) atoms. The molecule has 1 saturated carbocycles. The predicted molar refractivity (Wildman–Crippen MR) is 74.4 cm³/mol. The summed E-state index contributed by atoms with van der Waals surface area (Å²) in [6.07, 6.45) is 6.81. The van der Waals surface area contributed by atoms with Crippen LogP contribution in [0.5, 0.6) is 0 Å². The number of para-hydroxylation sites is 1. The molecular weight excluding hydrogens is 208 g/mol. The van der Waals surface area contributed by atoms with Gasteiger partial charge < -0.3 is 10.6 Å². The van der Waals surface area contributed by atoms with Gasteiger partial charge >= 0.3 is 0 Å². The van der Waals surface area contributed by atoms with E-state index < -0.39 is 0 Å². The minimum Gasteiger partial charge on any atom is -0.382 e. The number of rotatable bonds is 4. The van der Waals surface area contributed by atoms with Crippen LogP contribution in [0.15, 0.2) is 24.3 Å². The van der Waals surface area contributed by atoms with Gasteiger partial charge in [0.25, 0.3) is 0 Å². The van der Waals surface area contributed by atoms with Crippen molar-refractivity contribution in [2.24, 2.45) is 0 Å². The molecule has 2 heteroatoms. The Labute approximate surface area is 105 Å². The van der Waals surface area contributed by atoms with Crippen LogP contribution in [0.3, 0.4) is 0 Å². The molecule has 2 N–H and O–H groups in total. The molecule has 0 saturated heterocycles. The van der Waals surface area contributed by atoms with Crippen molar-refractivity contribution in [3.05, 3.63) is 29.8 Å². The van der Waals surface area contributed by atoms with Gasteiger partial charge in [0.2, 0.25) is 0 Å². The number of nitrogens with one attached hydrogen (secondary N) is 2. The first kappa shape index (κ1) is 12.4. The lowest BCUT2D eigenvalue weighted by molar-refractivity contribution is 0.462. The normalized spacial score (nSPS) is 18.9. The van der Waals surface area contributed by atoms with Crippen molar-refractivity contribution in [3.63, 3.8) is 0 Å². The Bertz CT molecular complexity index is 343. The predicted octanol–water partition coefficient (Wildman–Crippen LogP) is 3.71. The number of hydrogen-bond acceptors (Lipinski definition) is 2. The van der Waals surface area contributed by atoms with Crippen molar-refractivity contribution < 1.29 is 0 Å². The lowest BCUT2D eigenvalue weighted by Gasteiger charge is -2.26. The average molecular weight is 232 g/mol.